The fourth-order valence-electron chi connectivity index (χ4n) is 2.37. The lowest BCUT2D eigenvalue weighted by Crippen LogP contribution is -2.44. The molecule has 0 aromatic heterocycles. The Morgan fingerprint density at radius 3 is 2.44 bits per heavy atom. The average molecular weight is 268 g/mol. The molecule has 0 bridgehead atoms. The van der Waals surface area contributed by atoms with Crippen LogP contribution in [-0.2, 0) is 10.0 Å². The van der Waals surface area contributed by atoms with Gasteiger partial charge in [-0.05, 0) is 44.5 Å². The summed E-state index contributed by atoms with van der Waals surface area (Å²) in [6, 6.07) is 7.26. The second-order valence-corrected chi connectivity index (χ2v) is 6.73. The summed E-state index contributed by atoms with van der Waals surface area (Å²) in [7, 11) is -1.67. The maximum Gasteiger partial charge on any atom is 0.243 e. The van der Waals surface area contributed by atoms with E-state index in [1.807, 2.05) is 19.1 Å². The molecule has 2 rings (SSSR count). The van der Waals surface area contributed by atoms with Crippen molar-refractivity contribution in [1.82, 2.24) is 9.62 Å². The van der Waals surface area contributed by atoms with Crippen molar-refractivity contribution >= 4 is 10.0 Å². The smallest absolute Gasteiger partial charge is 0.243 e. The fourth-order valence-corrected chi connectivity index (χ4v) is 4.01. The molecule has 0 saturated carbocycles. The van der Waals surface area contributed by atoms with Crippen LogP contribution in [0.2, 0.25) is 0 Å². The van der Waals surface area contributed by atoms with Crippen molar-refractivity contribution in [3.63, 3.8) is 0 Å². The van der Waals surface area contributed by atoms with Gasteiger partial charge in [-0.25, -0.2) is 8.42 Å². The minimum absolute atomic E-state index is 0.107. The van der Waals surface area contributed by atoms with E-state index in [0.717, 1.165) is 31.5 Å². The lowest BCUT2D eigenvalue weighted by atomic mass is 10.1. The van der Waals surface area contributed by atoms with Crippen molar-refractivity contribution in [3.8, 4) is 0 Å². The van der Waals surface area contributed by atoms with Gasteiger partial charge in [0.2, 0.25) is 10.0 Å². The van der Waals surface area contributed by atoms with E-state index in [1.165, 1.54) is 4.31 Å². The van der Waals surface area contributed by atoms with Crippen molar-refractivity contribution in [2.24, 2.45) is 0 Å². The molecule has 0 radical (unpaired) electrons. The van der Waals surface area contributed by atoms with Gasteiger partial charge < -0.3 is 5.32 Å². The maximum atomic E-state index is 12.6. The molecule has 1 N–H and O–H groups in total. The molecule has 1 aliphatic heterocycles. The van der Waals surface area contributed by atoms with Crippen LogP contribution < -0.4 is 5.32 Å². The van der Waals surface area contributed by atoms with E-state index in [9.17, 15) is 8.42 Å². The monoisotopic (exact) mass is 268 g/mol. The topological polar surface area (TPSA) is 49.4 Å². The summed E-state index contributed by atoms with van der Waals surface area (Å²) in [5.74, 6) is 0. The molecule has 0 amide bonds. The third-order valence-electron chi connectivity index (χ3n) is 3.57. The van der Waals surface area contributed by atoms with Gasteiger partial charge in [-0.3, -0.25) is 0 Å². The lowest BCUT2D eigenvalue weighted by molar-refractivity contribution is 0.296. The maximum absolute atomic E-state index is 12.6. The third-order valence-corrected chi connectivity index (χ3v) is 5.64. The summed E-state index contributed by atoms with van der Waals surface area (Å²) in [5, 5.41) is 3.25. The number of rotatable bonds is 3. The highest BCUT2D eigenvalue weighted by atomic mass is 32.2. The van der Waals surface area contributed by atoms with Gasteiger partial charge in [-0.1, -0.05) is 18.2 Å². The van der Waals surface area contributed by atoms with Crippen molar-refractivity contribution in [2.45, 2.75) is 30.7 Å². The van der Waals surface area contributed by atoms with Gasteiger partial charge in [-0.2, -0.15) is 4.31 Å². The van der Waals surface area contributed by atoms with Crippen LogP contribution in [0.4, 0.5) is 0 Å². The quantitative estimate of drug-likeness (QED) is 0.900. The predicted octanol–water partition coefficient (Wildman–Crippen LogP) is 1.37. The van der Waals surface area contributed by atoms with E-state index in [-0.39, 0.29) is 6.04 Å². The minimum atomic E-state index is -3.36. The molecule has 18 heavy (non-hydrogen) atoms. The first kappa shape index (κ1) is 13.5. The van der Waals surface area contributed by atoms with Crippen LogP contribution in [0.1, 0.15) is 18.4 Å². The van der Waals surface area contributed by atoms with Crippen molar-refractivity contribution in [2.75, 3.05) is 20.1 Å². The summed E-state index contributed by atoms with van der Waals surface area (Å²) >= 11 is 0. The molecule has 1 aromatic rings. The van der Waals surface area contributed by atoms with E-state index in [0.29, 0.717) is 4.90 Å². The number of hydrogen-bond acceptors (Lipinski definition) is 3. The van der Waals surface area contributed by atoms with Crippen molar-refractivity contribution in [1.29, 1.82) is 0 Å². The van der Waals surface area contributed by atoms with Crippen LogP contribution in [0.3, 0.4) is 0 Å². The zero-order valence-corrected chi connectivity index (χ0v) is 11.7. The fraction of sp³-hybridized carbons (Fsp3) is 0.538. The first-order chi connectivity index (χ1) is 8.53. The van der Waals surface area contributed by atoms with E-state index < -0.39 is 10.0 Å². The Kier molecular flexibility index (Phi) is 4.04. The Bertz CT molecular complexity index is 507. The molecule has 0 aliphatic carbocycles. The summed E-state index contributed by atoms with van der Waals surface area (Å²) in [6.07, 6.45) is 1.75. The first-order valence-electron chi connectivity index (χ1n) is 6.28. The summed E-state index contributed by atoms with van der Waals surface area (Å²) < 4.78 is 26.7. The molecule has 1 aromatic carbocycles. The minimum Gasteiger partial charge on any atom is -0.317 e. The number of sulfonamides is 1. The second kappa shape index (κ2) is 5.38. The van der Waals surface area contributed by atoms with Crippen LogP contribution in [-0.4, -0.2) is 38.9 Å². The normalized spacial score (nSPS) is 18.2. The molecule has 0 spiro atoms. The second-order valence-electron chi connectivity index (χ2n) is 4.77. The molecule has 1 fully saturated rings. The molecule has 0 atom stereocenters. The van der Waals surface area contributed by atoms with Gasteiger partial charge in [0.25, 0.3) is 0 Å². The molecule has 5 heteroatoms. The molecular weight excluding hydrogens is 248 g/mol. The Morgan fingerprint density at radius 2 is 1.83 bits per heavy atom. The number of hydrogen-bond donors (Lipinski definition) is 1. The number of nitrogens with zero attached hydrogens (tertiary/aromatic N) is 1. The molecule has 1 heterocycles. The summed E-state index contributed by atoms with van der Waals surface area (Å²) in [6.45, 7) is 3.61. The van der Waals surface area contributed by atoms with E-state index in [4.69, 9.17) is 0 Å². The van der Waals surface area contributed by atoms with Crippen LogP contribution >= 0.6 is 0 Å². The Hall–Kier alpha value is -0.910. The summed E-state index contributed by atoms with van der Waals surface area (Å²) in [4.78, 5) is 0.422. The van der Waals surface area contributed by atoms with Gasteiger partial charge in [0, 0.05) is 13.1 Å². The Balaban J connectivity index is 2.28. The van der Waals surface area contributed by atoms with E-state index >= 15 is 0 Å². The molecule has 0 unspecified atom stereocenters. The SMILES string of the molecule is Cc1ccccc1S(=O)(=O)N(C)C1CCNCC1. The molecule has 4 nitrogen and oxygen atoms in total. The van der Waals surface area contributed by atoms with Crippen LogP contribution in [0.5, 0.6) is 0 Å². The number of aryl methyl sites for hydroxylation is 1. The average Bonchev–Trinajstić information content (AvgIpc) is 2.39. The number of benzene rings is 1. The third kappa shape index (κ3) is 2.58. The van der Waals surface area contributed by atoms with E-state index in [2.05, 4.69) is 5.32 Å². The molecular formula is C13H20N2O2S. The van der Waals surface area contributed by atoms with Crippen LogP contribution in [0.25, 0.3) is 0 Å². The van der Waals surface area contributed by atoms with E-state index in [1.54, 1.807) is 19.2 Å². The van der Waals surface area contributed by atoms with Gasteiger partial charge in [0.15, 0.2) is 0 Å². The van der Waals surface area contributed by atoms with Gasteiger partial charge in [0.1, 0.15) is 0 Å². The van der Waals surface area contributed by atoms with Gasteiger partial charge in [-0.15, -0.1) is 0 Å². The van der Waals surface area contributed by atoms with Crippen molar-refractivity contribution in [3.05, 3.63) is 29.8 Å². The van der Waals surface area contributed by atoms with Crippen LogP contribution in [0, 0.1) is 6.92 Å². The molecule has 100 valence electrons. The largest absolute Gasteiger partial charge is 0.317 e. The highest BCUT2D eigenvalue weighted by Crippen LogP contribution is 2.22. The molecule has 1 saturated heterocycles. The number of piperidine rings is 1. The first-order valence-corrected chi connectivity index (χ1v) is 7.72. The highest BCUT2D eigenvalue weighted by Gasteiger charge is 2.29. The standard InChI is InChI=1S/C13H20N2O2S/c1-11-5-3-4-6-13(11)18(16,17)15(2)12-7-9-14-10-8-12/h3-6,12,14H,7-10H2,1-2H3. The van der Waals surface area contributed by atoms with Gasteiger partial charge >= 0.3 is 0 Å². The Labute approximate surface area is 109 Å². The zero-order valence-electron chi connectivity index (χ0n) is 10.9. The highest BCUT2D eigenvalue weighted by molar-refractivity contribution is 7.89. The summed E-state index contributed by atoms with van der Waals surface area (Å²) in [5.41, 5.74) is 0.804. The van der Waals surface area contributed by atoms with Crippen LogP contribution in [0.15, 0.2) is 29.2 Å². The zero-order chi connectivity index (χ0) is 13.2. The van der Waals surface area contributed by atoms with Crippen molar-refractivity contribution < 1.29 is 8.42 Å². The Morgan fingerprint density at radius 1 is 1.22 bits per heavy atom. The lowest BCUT2D eigenvalue weighted by Gasteiger charge is -2.31. The predicted molar refractivity (Wildman–Crippen MR) is 72.0 cm³/mol. The molecule has 1 aliphatic rings. The number of nitrogens with one attached hydrogen (secondary N) is 1. The van der Waals surface area contributed by atoms with Gasteiger partial charge in [0.05, 0.1) is 4.90 Å².